The maximum atomic E-state index is 13.7. The van der Waals surface area contributed by atoms with E-state index in [1.807, 2.05) is 91.0 Å². The first-order valence-electron chi connectivity index (χ1n) is 10.9. The van der Waals surface area contributed by atoms with Gasteiger partial charge in [-0.15, -0.1) is 0 Å². The van der Waals surface area contributed by atoms with Crippen LogP contribution in [0.3, 0.4) is 0 Å². The number of hydrogen-bond acceptors (Lipinski definition) is 3. The molecule has 0 bridgehead atoms. The number of hydrogen-bond donors (Lipinski definition) is 1. The van der Waals surface area contributed by atoms with Crippen molar-refractivity contribution in [3.05, 3.63) is 108 Å². The average molecular weight is 440 g/mol. The number of carboxylic acids is 1. The summed E-state index contributed by atoms with van der Waals surface area (Å²) in [4.78, 5) is 27.1. The minimum absolute atomic E-state index is 0.175. The SMILES string of the molecule is O=C(O)[C@@H]1C[C@H](OCC#Cc2ccccc2)CN1C(=O)C(c1ccccc1)c1ccccc1. The normalized spacial score (nSPS) is 17.4. The van der Waals surface area contributed by atoms with Gasteiger partial charge in [0.15, 0.2) is 0 Å². The van der Waals surface area contributed by atoms with Gasteiger partial charge in [-0.2, -0.15) is 0 Å². The Morgan fingerprint density at radius 3 is 2.00 bits per heavy atom. The van der Waals surface area contributed by atoms with Gasteiger partial charge in [0, 0.05) is 18.5 Å². The molecule has 1 fully saturated rings. The summed E-state index contributed by atoms with van der Waals surface area (Å²) in [5.41, 5.74) is 2.55. The van der Waals surface area contributed by atoms with Gasteiger partial charge >= 0.3 is 5.97 Å². The van der Waals surface area contributed by atoms with E-state index in [1.165, 1.54) is 4.90 Å². The number of nitrogens with zero attached hydrogens (tertiary/aromatic N) is 1. The van der Waals surface area contributed by atoms with Gasteiger partial charge in [0.25, 0.3) is 0 Å². The van der Waals surface area contributed by atoms with Crippen LogP contribution in [0.15, 0.2) is 91.0 Å². The summed E-state index contributed by atoms with van der Waals surface area (Å²) in [6.45, 7) is 0.397. The van der Waals surface area contributed by atoms with Gasteiger partial charge in [-0.1, -0.05) is 90.7 Å². The second-order valence-corrected chi connectivity index (χ2v) is 7.94. The predicted octanol–water partition coefficient (Wildman–Crippen LogP) is 3.94. The number of carboxylic acid groups (broad SMARTS) is 1. The Morgan fingerprint density at radius 2 is 1.45 bits per heavy atom. The number of rotatable bonds is 6. The number of carbonyl (C=O) groups excluding carboxylic acids is 1. The number of amides is 1. The van der Waals surface area contributed by atoms with Gasteiger partial charge in [-0.25, -0.2) is 4.79 Å². The maximum absolute atomic E-state index is 13.7. The van der Waals surface area contributed by atoms with Crippen LogP contribution < -0.4 is 0 Å². The third-order valence-electron chi connectivity index (χ3n) is 5.74. The Kier molecular flexibility index (Phi) is 7.19. The van der Waals surface area contributed by atoms with Crippen molar-refractivity contribution in [1.29, 1.82) is 0 Å². The topological polar surface area (TPSA) is 66.8 Å². The van der Waals surface area contributed by atoms with Gasteiger partial charge in [0.1, 0.15) is 12.6 Å². The highest BCUT2D eigenvalue weighted by Crippen LogP contribution is 2.31. The van der Waals surface area contributed by atoms with Crippen LogP contribution in [0, 0.1) is 11.8 Å². The molecule has 0 spiro atoms. The summed E-state index contributed by atoms with van der Waals surface area (Å²) in [6, 6.07) is 27.6. The molecule has 5 heteroatoms. The molecule has 1 N–H and O–H groups in total. The standard InChI is InChI=1S/C28H25NO4/c30-27(26(22-14-6-2-7-15-22)23-16-8-3-9-17-23)29-20-24(19-25(29)28(31)32)33-18-10-13-21-11-4-1-5-12-21/h1-9,11-12,14-17,24-26H,18-20H2,(H,31,32)/t24-,25-/m0/s1. The Morgan fingerprint density at radius 1 is 0.909 bits per heavy atom. The van der Waals surface area contributed by atoms with Crippen LogP contribution in [-0.4, -0.2) is 47.2 Å². The van der Waals surface area contributed by atoms with E-state index in [1.54, 1.807) is 0 Å². The summed E-state index contributed by atoms with van der Waals surface area (Å²) in [5, 5.41) is 9.82. The van der Waals surface area contributed by atoms with E-state index >= 15 is 0 Å². The molecule has 3 aromatic carbocycles. The molecular weight excluding hydrogens is 414 g/mol. The smallest absolute Gasteiger partial charge is 0.326 e. The van der Waals surface area contributed by atoms with Gasteiger partial charge in [-0.05, 0) is 23.3 Å². The molecule has 0 aliphatic carbocycles. The van der Waals surface area contributed by atoms with Gasteiger partial charge in [0.05, 0.1) is 12.0 Å². The largest absolute Gasteiger partial charge is 0.480 e. The third kappa shape index (κ3) is 5.49. The summed E-state index contributed by atoms with van der Waals surface area (Å²) in [6.07, 6.45) is -0.142. The second-order valence-electron chi connectivity index (χ2n) is 7.94. The van der Waals surface area contributed by atoms with Crippen molar-refractivity contribution < 1.29 is 19.4 Å². The molecule has 1 amide bonds. The fraction of sp³-hybridized carbons (Fsp3) is 0.214. The molecule has 33 heavy (non-hydrogen) atoms. The number of benzene rings is 3. The van der Waals surface area contributed by atoms with Crippen molar-refractivity contribution in [2.45, 2.75) is 24.5 Å². The van der Waals surface area contributed by atoms with E-state index in [0.29, 0.717) is 0 Å². The van der Waals surface area contributed by atoms with E-state index < -0.39 is 17.9 Å². The first-order chi connectivity index (χ1) is 16.1. The predicted molar refractivity (Wildman–Crippen MR) is 126 cm³/mol. The lowest BCUT2D eigenvalue weighted by molar-refractivity contribution is -0.148. The monoisotopic (exact) mass is 439 g/mol. The zero-order chi connectivity index (χ0) is 23.0. The third-order valence-corrected chi connectivity index (χ3v) is 5.74. The molecule has 1 aliphatic rings. The van der Waals surface area contributed by atoms with E-state index in [0.717, 1.165) is 16.7 Å². The zero-order valence-electron chi connectivity index (χ0n) is 18.1. The van der Waals surface area contributed by atoms with Crippen LogP contribution in [-0.2, 0) is 14.3 Å². The van der Waals surface area contributed by atoms with Crippen LogP contribution in [0.2, 0.25) is 0 Å². The highest BCUT2D eigenvalue weighted by Gasteiger charge is 2.42. The second kappa shape index (κ2) is 10.6. The molecule has 0 saturated carbocycles. The molecule has 5 nitrogen and oxygen atoms in total. The highest BCUT2D eigenvalue weighted by atomic mass is 16.5. The Hall–Kier alpha value is -3.88. The van der Waals surface area contributed by atoms with Crippen molar-refractivity contribution in [1.82, 2.24) is 4.90 Å². The number of aliphatic carboxylic acids is 1. The lowest BCUT2D eigenvalue weighted by Gasteiger charge is -2.27. The molecule has 3 aromatic rings. The molecule has 1 aliphatic heterocycles. The molecule has 0 unspecified atom stereocenters. The summed E-state index contributed by atoms with van der Waals surface area (Å²) in [7, 11) is 0. The van der Waals surface area contributed by atoms with Gasteiger partial charge < -0.3 is 14.7 Å². The molecular formula is C28H25NO4. The van der Waals surface area contributed by atoms with Crippen molar-refractivity contribution in [3.8, 4) is 11.8 Å². The van der Waals surface area contributed by atoms with E-state index in [9.17, 15) is 14.7 Å². The summed E-state index contributed by atoms with van der Waals surface area (Å²) < 4.78 is 5.85. The Bertz CT molecular complexity index is 1100. The Labute approximate surface area is 193 Å². The highest BCUT2D eigenvalue weighted by molar-refractivity contribution is 5.91. The van der Waals surface area contributed by atoms with Crippen LogP contribution >= 0.6 is 0 Å². The number of likely N-dealkylation sites (tertiary alicyclic amines) is 1. The van der Waals surface area contributed by atoms with Gasteiger partial charge in [-0.3, -0.25) is 4.79 Å². The molecule has 1 heterocycles. The molecule has 166 valence electrons. The molecule has 4 rings (SSSR count). The van der Waals surface area contributed by atoms with E-state index in [-0.39, 0.29) is 31.6 Å². The van der Waals surface area contributed by atoms with Crippen LogP contribution in [0.4, 0.5) is 0 Å². The summed E-state index contributed by atoms with van der Waals surface area (Å²) in [5.74, 6) is 4.16. The molecule has 0 radical (unpaired) electrons. The lowest BCUT2D eigenvalue weighted by Crippen LogP contribution is -2.43. The first kappa shape index (κ1) is 22.3. The van der Waals surface area contributed by atoms with Crippen molar-refractivity contribution in [2.24, 2.45) is 0 Å². The quantitative estimate of drug-likeness (QED) is 0.591. The summed E-state index contributed by atoms with van der Waals surface area (Å²) >= 11 is 0. The fourth-order valence-electron chi connectivity index (χ4n) is 4.15. The Balaban J connectivity index is 1.51. The van der Waals surface area contributed by atoms with Gasteiger partial charge in [0.2, 0.25) is 5.91 Å². The minimum Gasteiger partial charge on any atom is -0.480 e. The van der Waals surface area contributed by atoms with Crippen molar-refractivity contribution in [2.75, 3.05) is 13.2 Å². The average Bonchev–Trinajstić information content (AvgIpc) is 3.29. The maximum Gasteiger partial charge on any atom is 0.326 e. The molecule has 1 saturated heterocycles. The van der Waals surface area contributed by atoms with Crippen molar-refractivity contribution >= 4 is 11.9 Å². The zero-order valence-corrected chi connectivity index (χ0v) is 18.1. The van der Waals surface area contributed by atoms with Crippen LogP contribution in [0.25, 0.3) is 0 Å². The minimum atomic E-state index is -1.02. The van der Waals surface area contributed by atoms with Crippen molar-refractivity contribution in [3.63, 3.8) is 0 Å². The first-order valence-corrected chi connectivity index (χ1v) is 10.9. The number of carbonyl (C=O) groups is 2. The van der Waals surface area contributed by atoms with E-state index in [2.05, 4.69) is 11.8 Å². The molecule has 0 aromatic heterocycles. The van der Waals surface area contributed by atoms with Crippen LogP contribution in [0.5, 0.6) is 0 Å². The fourth-order valence-corrected chi connectivity index (χ4v) is 4.15. The molecule has 2 atom stereocenters. The number of ether oxygens (including phenoxy) is 1. The lowest BCUT2D eigenvalue weighted by atomic mass is 9.90. The van der Waals surface area contributed by atoms with E-state index in [4.69, 9.17) is 4.74 Å². The van der Waals surface area contributed by atoms with Crippen LogP contribution in [0.1, 0.15) is 29.0 Å².